The van der Waals surface area contributed by atoms with E-state index < -0.39 is 5.41 Å². The van der Waals surface area contributed by atoms with E-state index in [0.29, 0.717) is 28.1 Å². The van der Waals surface area contributed by atoms with E-state index in [9.17, 15) is 9.59 Å². The molecule has 39 heavy (non-hydrogen) atoms. The van der Waals surface area contributed by atoms with Crippen LogP contribution in [0.5, 0.6) is 0 Å². The molecule has 3 aromatic rings. The van der Waals surface area contributed by atoms with Crippen molar-refractivity contribution in [2.24, 2.45) is 0 Å². The standard InChI is InChI=1S/C29H32Cl2N6O2/c1-19(20-7-9-21(30)10-8-20)37-27-26(33-34-37)29(18-25(38)32-27)23-17-22(31)11-12-24(23)36(28(29)39)16-6-5-15-35-13-3-2-4-14-35/h7-12,17,19H,2-6,13-16,18H2,1H3,(H,32,38)/t19?,29-/m1/s1. The van der Waals surface area contributed by atoms with Gasteiger partial charge in [-0.15, -0.1) is 5.10 Å². The van der Waals surface area contributed by atoms with Gasteiger partial charge in [-0.3, -0.25) is 9.59 Å². The molecular weight excluding hydrogens is 535 g/mol. The van der Waals surface area contributed by atoms with Crippen molar-refractivity contribution in [1.82, 2.24) is 19.9 Å². The molecule has 2 aromatic carbocycles. The number of hydrogen-bond donors (Lipinski definition) is 1. The second-order valence-electron chi connectivity index (χ2n) is 10.8. The fourth-order valence-corrected chi connectivity index (χ4v) is 6.60. The third-order valence-electron chi connectivity index (χ3n) is 8.38. The first-order chi connectivity index (χ1) is 18.9. The molecule has 0 aliphatic carbocycles. The van der Waals surface area contributed by atoms with Crippen molar-refractivity contribution in [2.75, 3.05) is 36.4 Å². The van der Waals surface area contributed by atoms with Crippen LogP contribution in [0, 0.1) is 0 Å². The number of likely N-dealkylation sites (tertiary alicyclic amines) is 1. The highest BCUT2D eigenvalue weighted by Gasteiger charge is 2.58. The Labute approximate surface area is 238 Å². The van der Waals surface area contributed by atoms with Crippen molar-refractivity contribution in [2.45, 2.75) is 56.9 Å². The number of carbonyl (C=O) groups excluding carboxylic acids is 2. The Bertz CT molecular complexity index is 1400. The summed E-state index contributed by atoms with van der Waals surface area (Å²) in [5.41, 5.74) is 1.68. The van der Waals surface area contributed by atoms with Crippen LogP contribution in [0.3, 0.4) is 0 Å². The Balaban J connectivity index is 1.33. The van der Waals surface area contributed by atoms with Crippen LogP contribution in [-0.2, 0) is 15.0 Å². The van der Waals surface area contributed by atoms with Crippen molar-refractivity contribution < 1.29 is 9.59 Å². The third-order valence-corrected chi connectivity index (χ3v) is 8.86. The largest absolute Gasteiger partial charge is 0.311 e. The molecule has 10 heteroatoms. The van der Waals surface area contributed by atoms with Crippen LogP contribution in [0.25, 0.3) is 0 Å². The number of rotatable bonds is 7. The number of halogens is 2. The number of amides is 2. The molecule has 4 heterocycles. The van der Waals surface area contributed by atoms with Gasteiger partial charge >= 0.3 is 0 Å². The van der Waals surface area contributed by atoms with Gasteiger partial charge in [0.2, 0.25) is 11.8 Å². The van der Waals surface area contributed by atoms with E-state index in [1.807, 2.05) is 48.2 Å². The predicted octanol–water partition coefficient (Wildman–Crippen LogP) is 5.44. The van der Waals surface area contributed by atoms with Gasteiger partial charge in [-0.2, -0.15) is 0 Å². The Kier molecular flexibility index (Phi) is 7.12. The lowest BCUT2D eigenvalue weighted by Gasteiger charge is -2.31. The van der Waals surface area contributed by atoms with Crippen molar-refractivity contribution in [3.05, 3.63) is 69.3 Å². The molecule has 0 bridgehead atoms. The highest BCUT2D eigenvalue weighted by Crippen LogP contribution is 2.52. The molecule has 2 amide bonds. The monoisotopic (exact) mass is 566 g/mol. The van der Waals surface area contributed by atoms with Gasteiger partial charge in [0, 0.05) is 22.3 Å². The van der Waals surface area contributed by atoms with Gasteiger partial charge in [-0.05, 0) is 93.7 Å². The number of fused-ring (bicyclic) bond motifs is 4. The molecule has 204 valence electrons. The maximum absolute atomic E-state index is 14.3. The van der Waals surface area contributed by atoms with Gasteiger partial charge in [0.15, 0.2) is 5.82 Å². The third kappa shape index (κ3) is 4.62. The quantitative estimate of drug-likeness (QED) is 0.385. The van der Waals surface area contributed by atoms with Crippen molar-refractivity contribution >= 4 is 46.5 Å². The number of anilines is 2. The van der Waals surface area contributed by atoms with Gasteiger partial charge in [-0.1, -0.05) is 47.0 Å². The van der Waals surface area contributed by atoms with Gasteiger partial charge in [0.1, 0.15) is 11.1 Å². The molecule has 1 aromatic heterocycles. The summed E-state index contributed by atoms with van der Waals surface area (Å²) in [5, 5.41) is 13.1. The fourth-order valence-electron chi connectivity index (χ4n) is 6.30. The number of piperidine rings is 1. The average molecular weight is 568 g/mol. The van der Waals surface area contributed by atoms with Crippen molar-refractivity contribution in [1.29, 1.82) is 0 Å². The number of carbonyl (C=O) groups is 2. The second kappa shape index (κ2) is 10.6. The molecule has 1 fully saturated rings. The number of aromatic nitrogens is 3. The van der Waals surface area contributed by atoms with Crippen LogP contribution in [-0.4, -0.2) is 57.9 Å². The summed E-state index contributed by atoms with van der Waals surface area (Å²) in [5.74, 6) is 0.0561. The fraction of sp³-hybridized carbons (Fsp3) is 0.448. The molecule has 3 aliphatic heterocycles. The number of benzene rings is 2. The van der Waals surface area contributed by atoms with Crippen LogP contribution < -0.4 is 10.2 Å². The number of nitrogens with one attached hydrogen (secondary N) is 1. The van der Waals surface area contributed by atoms with Gasteiger partial charge < -0.3 is 15.1 Å². The molecule has 3 aliphatic rings. The van der Waals surface area contributed by atoms with Crippen LogP contribution in [0.15, 0.2) is 42.5 Å². The maximum Gasteiger partial charge on any atom is 0.244 e. The summed E-state index contributed by atoms with van der Waals surface area (Å²) < 4.78 is 1.68. The summed E-state index contributed by atoms with van der Waals surface area (Å²) in [6.07, 6.45) is 5.70. The zero-order valence-electron chi connectivity index (χ0n) is 22.0. The molecule has 1 N–H and O–H groups in total. The van der Waals surface area contributed by atoms with Gasteiger partial charge in [-0.25, -0.2) is 4.68 Å². The molecule has 0 radical (unpaired) electrons. The zero-order valence-corrected chi connectivity index (χ0v) is 23.5. The normalized spacial score (nSPS) is 21.7. The Morgan fingerprint density at radius 2 is 1.69 bits per heavy atom. The molecular formula is C29H32Cl2N6O2. The molecule has 6 rings (SSSR count). The summed E-state index contributed by atoms with van der Waals surface area (Å²) in [4.78, 5) is 31.9. The average Bonchev–Trinajstić information content (AvgIpc) is 3.45. The molecule has 1 saturated heterocycles. The highest BCUT2D eigenvalue weighted by molar-refractivity contribution is 6.31. The smallest absolute Gasteiger partial charge is 0.244 e. The molecule has 2 atom stereocenters. The van der Waals surface area contributed by atoms with Crippen LogP contribution in [0.2, 0.25) is 10.0 Å². The number of hydrogen-bond acceptors (Lipinski definition) is 5. The van der Waals surface area contributed by atoms with E-state index in [-0.39, 0.29) is 24.3 Å². The topological polar surface area (TPSA) is 83.4 Å². The lowest BCUT2D eigenvalue weighted by atomic mass is 9.73. The maximum atomic E-state index is 14.3. The predicted molar refractivity (Wildman–Crippen MR) is 153 cm³/mol. The minimum atomic E-state index is -1.26. The van der Waals surface area contributed by atoms with E-state index in [0.717, 1.165) is 49.3 Å². The molecule has 1 spiro atoms. The van der Waals surface area contributed by atoms with Crippen molar-refractivity contribution in [3.8, 4) is 0 Å². The van der Waals surface area contributed by atoms with Gasteiger partial charge in [0.25, 0.3) is 0 Å². The van der Waals surface area contributed by atoms with E-state index in [1.165, 1.54) is 19.3 Å². The Hall–Kier alpha value is -2.94. The lowest BCUT2D eigenvalue weighted by molar-refractivity contribution is -0.126. The minimum Gasteiger partial charge on any atom is -0.311 e. The Morgan fingerprint density at radius 1 is 0.974 bits per heavy atom. The van der Waals surface area contributed by atoms with Gasteiger partial charge in [0.05, 0.1) is 12.5 Å². The lowest BCUT2D eigenvalue weighted by Crippen LogP contribution is -2.47. The molecule has 8 nitrogen and oxygen atoms in total. The first-order valence-electron chi connectivity index (χ1n) is 13.7. The zero-order chi connectivity index (χ0) is 27.1. The summed E-state index contributed by atoms with van der Waals surface area (Å²) in [6, 6.07) is 12.7. The second-order valence-corrected chi connectivity index (χ2v) is 11.7. The first-order valence-corrected chi connectivity index (χ1v) is 14.5. The molecule has 1 unspecified atom stereocenters. The van der Waals surface area contributed by atoms with E-state index in [2.05, 4.69) is 20.5 Å². The first kappa shape index (κ1) is 26.3. The summed E-state index contributed by atoms with van der Waals surface area (Å²) in [6.45, 7) is 5.92. The van der Waals surface area contributed by atoms with Crippen LogP contribution in [0.1, 0.15) is 68.3 Å². The van der Waals surface area contributed by atoms with E-state index >= 15 is 0 Å². The summed E-state index contributed by atoms with van der Waals surface area (Å²) in [7, 11) is 0. The number of nitrogens with zero attached hydrogens (tertiary/aromatic N) is 5. The van der Waals surface area contributed by atoms with E-state index in [1.54, 1.807) is 10.7 Å². The SMILES string of the molecule is CC(c1ccc(Cl)cc1)n1nnc2c1NC(=O)C[C@]21C(=O)N(CCCCN2CCCCC2)c2ccc(Cl)cc21. The molecule has 0 saturated carbocycles. The minimum absolute atomic E-state index is 0.0372. The van der Waals surface area contributed by atoms with Crippen LogP contribution >= 0.6 is 23.2 Å². The summed E-state index contributed by atoms with van der Waals surface area (Å²) >= 11 is 12.5. The number of unbranched alkanes of at least 4 members (excludes halogenated alkanes) is 1. The highest BCUT2D eigenvalue weighted by atomic mass is 35.5. The van der Waals surface area contributed by atoms with Crippen molar-refractivity contribution in [3.63, 3.8) is 0 Å². The Morgan fingerprint density at radius 3 is 2.46 bits per heavy atom. The van der Waals surface area contributed by atoms with E-state index in [4.69, 9.17) is 23.2 Å². The van der Waals surface area contributed by atoms with Crippen LogP contribution in [0.4, 0.5) is 11.5 Å².